The van der Waals surface area contributed by atoms with Crippen LogP contribution < -0.4 is 10.1 Å². The first-order chi connectivity index (χ1) is 11.4. The second-order valence-corrected chi connectivity index (χ2v) is 5.65. The second kappa shape index (κ2) is 6.63. The van der Waals surface area contributed by atoms with Crippen LogP contribution in [0.5, 0.6) is 5.75 Å². The number of aromatic nitrogens is 4. The number of fused-ring (bicyclic) bond motifs is 1. The van der Waals surface area contributed by atoms with Crippen LogP contribution in [0.4, 0.5) is 19.0 Å². The maximum atomic E-state index is 12.8. The van der Waals surface area contributed by atoms with Crippen molar-refractivity contribution in [3.05, 3.63) is 46.7 Å². The lowest BCUT2D eigenvalue weighted by Gasteiger charge is -2.09. The second-order valence-electron chi connectivity index (χ2n) is 4.74. The van der Waals surface area contributed by atoms with Gasteiger partial charge in [0.25, 0.3) is 5.82 Å². The molecule has 0 aliphatic heterocycles. The molecule has 3 aromatic rings. The number of rotatable bonds is 5. The van der Waals surface area contributed by atoms with Gasteiger partial charge in [-0.15, -0.1) is 15.3 Å². The molecule has 3 rings (SSSR count). The van der Waals surface area contributed by atoms with Crippen LogP contribution in [0, 0.1) is 0 Å². The summed E-state index contributed by atoms with van der Waals surface area (Å²) in [5.41, 5.74) is 0.0268. The van der Waals surface area contributed by atoms with Crippen LogP contribution in [0.25, 0.3) is 5.65 Å². The molecule has 0 aliphatic rings. The van der Waals surface area contributed by atoms with Crippen molar-refractivity contribution in [1.29, 1.82) is 0 Å². The van der Waals surface area contributed by atoms with Crippen molar-refractivity contribution < 1.29 is 17.9 Å². The summed E-state index contributed by atoms with van der Waals surface area (Å²) in [7, 11) is 0. The minimum absolute atomic E-state index is 0.0268. The highest BCUT2D eigenvalue weighted by Crippen LogP contribution is 2.27. The Bertz CT molecular complexity index is 835. The zero-order valence-electron chi connectivity index (χ0n) is 12.1. The molecule has 1 N–H and O–H groups in total. The maximum Gasteiger partial charge on any atom is 0.453 e. The number of anilines is 1. The quantitative estimate of drug-likeness (QED) is 0.663. The first-order valence-corrected chi connectivity index (χ1v) is 7.65. The van der Waals surface area contributed by atoms with Crippen molar-refractivity contribution in [2.45, 2.75) is 6.18 Å². The van der Waals surface area contributed by atoms with E-state index in [9.17, 15) is 13.2 Å². The lowest BCUT2D eigenvalue weighted by atomic mass is 10.3. The van der Waals surface area contributed by atoms with Gasteiger partial charge in [-0.3, -0.25) is 0 Å². The van der Waals surface area contributed by atoms with Crippen molar-refractivity contribution in [2.24, 2.45) is 0 Å². The van der Waals surface area contributed by atoms with E-state index in [0.29, 0.717) is 23.4 Å². The lowest BCUT2D eigenvalue weighted by molar-refractivity contribution is -0.146. The Morgan fingerprint density at radius 2 is 1.83 bits per heavy atom. The molecule has 0 amide bonds. The summed E-state index contributed by atoms with van der Waals surface area (Å²) in [4.78, 5) is 0. The van der Waals surface area contributed by atoms with Crippen LogP contribution in [-0.4, -0.2) is 33.0 Å². The van der Waals surface area contributed by atoms with Gasteiger partial charge in [0.1, 0.15) is 18.2 Å². The standard InChI is InChI=1S/C14H11BrF3N5O/c15-9-1-3-10(4-2-9)24-8-7-19-11-5-6-12-20-21-13(14(16,17)18)23(12)22-11/h1-6H,7-8H2,(H,19,22). The van der Waals surface area contributed by atoms with Crippen LogP contribution in [0.15, 0.2) is 40.9 Å². The number of benzene rings is 1. The zero-order chi connectivity index (χ0) is 17.2. The number of nitrogens with zero attached hydrogens (tertiary/aromatic N) is 4. The fourth-order valence-electron chi connectivity index (χ4n) is 1.94. The van der Waals surface area contributed by atoms with E-state index in [-0.39, 0.29) is 11.5 Å². The summed E-state index contributed by atoms with van der Waals surface area (Å²) in [6.07, 6.45) is -4.62. The van der Waals surface area contributed by atoms with Crippen molar-refractivity contribution in [3.63, 3.8) is 0 Å². The van der Waals surface area contributed by atoms with Gasteiger partial charge in [-0.2, -0.15) is 17.7 Å². The fraction of sp³-hybridized carbons (Fsp3) is 0.214. The summed E-state index contributed by atoms with van der Waals surface area (Å²) in [6, 6.07) is 10.3. The number of halogens is 4. The van der Waals surface area contributed by atoms with E-state index in [0.717, 1.165) is 4.47 Å². The summed E-state index contributed by atoms with van der Waals surface area (Å²) in [5, 5.41) is 13.3. The van der Waals surface area contributed by atoms with Crippen LogP contribution >= 0.6 is 15.9 Å². The molecule has 0 fully saturated rings. The fourth-order valence-corrected chi connectivity index (χ4v) is 2.20. The minimum atomic E-state index is -4.62. The maximum absolute atomic E-state index is 12.8. The Labute approximate surface area is 142 Å². The van der Waals surface area contributed by atoms with E-state index in [2.05, 4.69) is 36.5 Å². The average Bonchev–Trinajstić information content (AvgIpc) is 2.96. The Balaban J connectivity index is 1.62. The molecule has 0 atom stereocenters. The SMILES string of the molecule is FC(F)(F)c1nnc2ccc(NCCOc3ccc(Br)cc3)nn12. The van der Waals surface area contributed by atoms with Gasteiger partial charge in [0.05, 0.1) is 6.54 Å². The number of alkyl halides is 3. The minimum Gasteiger partial charge on any atom is -0.492 e. The highest BCUT2D eigenvalue weighted by Gasteiger charge is 2.37. The molecule has 0 aliphatic carbocycles. The molecular formula is C14H11BrF3N5O. The highest BCUT2D eigenvalue weighted by atomic mass is 79.9. The first-order valence-electron chi connectivity index (χ1n) is 6.85. The van der Waals surface area contributed by atoms with E-state index in [1.807, 2.05) is 12.1 Å². The van der Waals surface area contributed by atoms with Crippen LogP contribution in [-0.2, 0) is 6.18 Å². The topological polar surface area (TPSA) is 64.3 Å². The van der Waals surface area contributed by atoms with E-state index in [1.165, 1.54) is 12.1 Å². The van der Waals surface area contributed by atoms with Gasteiger partial charge >= 0.3 is 6.18 Å². The van der Waals surface area contributed by atoms with Crippen LogP contribution in [0.3, 0.4) is 0 Å². The van der Waals surface area contributed by atoms with Crippen molar-refractivity contribution in [3.8, 4) is 5.75 Å². The molecule has 2 heterocycles. The van der Waals surface area contributed by atoms with Crippen molar-refractivity contribution >= 4 is 27.4 Å². The largest absolute Gasteiger partial charge is 0.492 e. The first kappa shape index (κ1) is 16.5. The van der Waals surface area contributed by atoms with E-state index in [1.54, 1.807) is 12.1 Å². The molecule has 24 heavy (non-hydrogen) atoms. The highest BCUT2D eigenvalue weighted by molar-refractivity contribution is 9.10. The predicted molar refractivity (Wildman–Crippen MR) is 83.9 cm³/mol. The molecule has 0 bridgehead atoms. The van der Waals surface area contributed by atoms with Gasteiger partial charge in [-0.05, 0) is 36.4 Å². The third-order valence-corrected chi connectivity index (χ3v) is 3.54. The Kier molecular flexibility index (Phi) is 4.56. The third kappa shape index (κ3) is 3.75. The number of nitrogens with one attached hydrogen (secondary N) is 1. The Hall–Kier alpha value is -2.36. The average molecular weight is 402 g/mol. The van der Waals surface area contributed by atoms with E-state index < -0.39 is 12.0 Å². The number of hydrogen-bond donors (Lipinski definition) is 1. The molecule has 0 unspecified atom stereocenters. The molecule has 0 saturated heterocycles. The molecule has 0 radical (unpaired) electrons. The monoisotopic (exact) mass is 401 g/mol. The van der Waals surface area contributed by atoms with E-state index in [4.69, 9.17) is 4.74 Å². The number of ether oxygens (including phenoxy) is 1. The van der Waals surface area contributed by atoms with Crippen molar-refractivity contribution in [1.82, 2.24) is 19.8 Å². The van der Waals surface area contributed by atoms with Gasteiger partial charge in [0.15, 0.2) is 5.65 Å². The van der Waals surface area contributed by atoms with Gasteiger partial charge in [0.2, 0.25) is 0 Å². The van der Waals surface area contributed by atoms with Gasteiger partial charge < -0.3 is 10.1 Å². The molecular weight excluding hydrogens is 391 g/mol. The molecule has 2 aromatic heterocycles. The Morgan fingerprint density at radius 1 is 1.08 bits per heavy atom. The molecule has 10 heteroatoms. The van der Waals surface area contributed by atoms with Crippen LogP contribution in [0.1, 0.15) is 5.82 Å². The predicted octanol–water partition coefficient (Wildman–Crippen LogP) is 3.40. The summed E-state index contributed by atoms with van der Waals surface area (Å²) in [6.45, 7) is 0.702. The molecule has 1 aromatic carbocycles. The molecule has 0 spiro atoms. The summed E-state index contributed by atoms with van der Waals surface area (Å²) in [5.74, 6) is -0.193. The van der Waals surface area contributed by atoms with Gasteiger partial charge in [-0.1, -0.05) is 15.9 Å². The third-order valence-electron chi connectivity index (χ3n) is 3.01. The molecule has 6 nitrogen and oxygen atoms in total. The smallest absolute Gasteiger partial charge is 0.453 e. The lowest BCUT2D eigenvalue weighted by Crippen LogP contribution is -2.15. The normalized spacial score (nSPS) is 11.7. The zero-order valence-corrected chi connectivity index (χ0v) is 13.7. The Morgan fingerprint density at radius 3 is 2.54 bits per heavy atom. The van der Waals surface area contributed by atoms with Gasteiger partial charge in [0, 0.05) is 4.47 Å². The summed E-state index contributed by atoms with van der Waals surface area (Å²) < 4.78 is 45.5. The number of hydrogen-bond acceptors (Lipinski definition) is 5. The molecule has 126 valence electrons. The van der Waals surface area contributed by atoms with E-state index >= 15 is 0 Å². The van der Waals surface area contributed by atoms with Crippen LogP contribution in [0.2, 0.25) is 0 Å². The molecule has 0 saturated carbocycles. The summed E-state index contributed by atoms with van der Waals surface area (Å²) >= 11 is 3.33. The van der Waals surface area contributed by atoms with Crippen molar-refractivity contribution in [2.75, 3.05) is 18.5 Å². The van der Waals surface area contributed by atoms with Gasteiger partial charge in [-0.25, -0.2) is 0 Å².